The van der Waals surface area contributed by atoms with Crippen LogP contribution in [0.2, 0.25) is 0 Å². The molecule has 2 rings (SSSR count). The Bertz CT molecular complexity index is 1040. The van der Waals surface area contributed by atoms with Gasteiger partial charge in [0.1, 0.15) is 38.1 Å². The van der Waals surface area contributed by atoms with Crippen molar-refractivity contribution in [3.05, 3.63) is 77.2 Å². The van der Waals surface area contributed by atoms with Crippen LogP contribution in [0.15, 0.2) is 65.1 Å². The Balaban J connectivity index is 2.17. The zero-order chi connectivity index (χ0) is 24.2. The smallest absolute Gasteiger partial charge is 0.273 e. The second-order valence-electron chi connectivity index (χ2n) is 6.43. The van der Waals surface area contributed by atoms with E-state index in [9.17, 15) is 9.18 Å². The SMILES string of the molecule is C=C(NOCc1ccccc1C(=NOC)C(=O)NC)C(=NOC)c1ccc(OCC)cc1F. The zero-order valence-electron chi connectivity index (χ0n) is 19.0. The minimum atomic E-state index is -0.559. The fraction of sp³-hybridized carbons (Fsp3) is 0.261. The van der Waals surface area contributed by atoms with Gasteiger partial charge in [-0.3, -0.25) is 15.1 Å². The molecule has 9 nitrogen and oxygen atoms in total. The third kappa shape index (κ3) is 6.78. The standard InChI is InChI=1S/C23H27FN4O5/c1-6-32-17-11-12-19(20(24)13-17)21(27-30-4)15(2)26-33-14-16-9-7-8-10-18(16)22(28-31-5)23(29)25-3/h7-13,26H,2,6,14H2,1,3-5H3,(H,25,29). The molecule has 1 amide bonds. The number of ether oxygens (including phenoxy) is 1. The molecular weight excluding hydrogens is 431 g/mol. The molecule has 0 spiro atoms. The molecule has 10 heteroatoms. The van der Waals surface area contributed by atoms with Crippen LogP contribution in [-0.4, -0.2) is 45.2 Å². The highest BCUT2D eigenvalue weighted by Crippen LogP contribution is 2.20. The van der Waals surface area contributed by atoms with Crippen LogP contribution in [-0.2, 0) is 25.9 Å². The molecule has 0 atom stereocenters. The Morgan fingerprint density at radius 1 is 1.06 bits per heavy atom. The van der Waals surface area contributed by atoms with Gasteiger partial charge in [0.2, 0.25) is 0 Å². The minimum absolute atomic E-state index is 0.0287. The number of nitrogens with one attached hydrogen (secondary N) is 2. The predicted octanol–water partition coefficient (Wildman–Crippen LogP) is 2.91. The lowest BCUT2D eigenvalue weighted by Gasteiger charge is -2.15. The number of hydrogen-bond donors (Lipinski definition) is 2. The van der Waals surface area contributed by atoms with Crippen LogP contribution >= 0.6 is 0 Å². The Morgan fingerprint density at radius 3 is 2.39 bits per heavy atom. The van der Waals surface area contributed by atoms with Crippen LogP contribution < -0.4 is 15.5 Å². The van der Waals surface area contributed by atoms with Crippen LogP contribution in [0, 0.1) is 5.82 Å². The fourth-order valence-corrected chi connectivity index (χ4v) is 2.85. The molecule has 0 radical (unpaired) electrons. The lowest BCUT2D eigenvalue weighted by Crippen LogP contribution is -2.29. The van der Waals surface area contributed by atoms with Crippen LogP contribution in [0.25, 0.3) is 0 Å². The first-order chi connectivity index (χ1) is 16.0. The summed E-state index contributed by atoms with van der Waals surface area (Å²) in [6.45, 7) is 6.11. The molecular formula is C23H27FN4O5. The first-order valence-electron chi connectivity index (χ1n) is 9.99. The molecule has 2 N–H and O–H groups in total. The van der Waals surface area contributed by atoms with E-state index in [-0.39, 0.29) is 29.3 Å². The number of oxime groups is 2. The molecule has 176 valence electrons. The molecule has 2 aromatic rings. The number of rotatable bonds is 12. The quantitative estimate of drug-likeness (QED) is 0.375. The molecule has 0 saturated carbocycles. The van der Waals surface area contributed by atoms with Gasteiger partial charge in [-0.2, -0.15) is 0 Å². The number of hydroxylamine groups is 1. The van der Waals surface area contributed by atoms with E-state index in [2.05, 4.69) is 27.7 Å². The molecule has 0 heterocycles. The van der Waals surface area contributed by atoms with Crippen LogP contribution in [0.1, 0.15) is 23.6 Å². The normalized spacial score (nSPS) is 11.5. The van der Waals surface area contributed by atoms with E-state index in [4.69, 9.17) is 19.2 Å². The molecule has 0 aliphatic heterocycles. The van der Waals surface area contributed by atoms with Gasteiger partial charge in [0.25, 0.3) is 5.91 Å². The van der Waals surface area contributed by atoms with E-state index in [0.29, 0.717) is 23.5 Å². The summed E-state index contributed by atoms with van der Waals surface area (Å²) in [6, 6.07) is 11.4. The largest absolute Gasteiger partial charge is 0.494 e. The van der Waals surface area contributed by atoms with Crippen LogP contribution in [0.5, 0.6) is 5.75 Å². The highest BCUT2D eigenvalue weighted by Gasteiger charge is 2.18. The van der Waals surface area contributed by atoms with Gasteiger partial charge in [-0.25, -0.2) is 4.39 Å². The van der Waals surface area contributed by atoms with Gasteiger partial charge in [-0.15, -0.1) is 0 Å². The van der Waals surface area contributed by atoms with Gasteiger partial charge in [-0.05, 0) is 24.6 Å². The summed E-state index contributed by atoms with van der Waals surface area (Å²) in [5.41, 5.74) is 4.33. The van der Waals surface area contributed by atoms with Crippen molar-refractivity contribution in [1.29, 1.82) is 0 Å². The van der Waals surface area contributed by atoms with Crippen molar-refractivity contribution in [2.75, 3.05) is 27.9 Å². The van der Waals surface area contributed by atoms with Crippen molar-refractivity contribution in [3.8, 4) is 5.75 Å². The monoisotopic (exact) mass is 458 g/mol. The second kappa shape index (κ2) is 12.8. The van der Waals surface area contributed by atoms with Crippen LogP contribution in [0.4, 0.5) is 4.39 Å². The van der Waals surface area contributed by atoms with E-state index in [1.165, 1.54) is 33.4 Å². The number of allylic oxidation sites excluding steroid dienone is 1. The third-order valence-electron chi connectivity index (χ3n) is 4.30. The van der Waals surface area contributed by atoms with Crippen molar-refractivity contribution in [3.63, 3.8) is 0 Å². The molecule has 0 unspecified atom stereocenters. The fourth-order valence-electron chi connectivity index (χ4n) is 2.85. The van der Waals surface area contributed by atoms with Gasteiger partial charge in [0.15, 0.2) is 5.71 Å². The number of amides is 1. The Morgan fingerprint density at radius 2 is 1.76 bits per heavy atom. The van der Waals surface area contributed by atoms with E-state index in [1.54, 1.807) is 30.3 Å². The Labute approximate surface area is 191 Å². The maximum Gasteiger partial charge on any atom is 0.273 e. The van der Waals surface area contributed by atoms with Crippen molar-refractivity contribution in [2.24, 2.45) is 10.3 Å². The summed E-state index contributed by atoms with van der Waals surface area (Å²) in [4.78, 5) is 27.4. The maximum atomic E-state index is 14.6. The molecule has 0 saturated heterocycles. The molecule has 0 fully saturated rings. The highest BCUT2D eigenvalue weighted by molar-refractivity contribution is 6.45. The van der Waals surface area contributed by atoms with Crippen LogP contribution in [0.3, 0.4) is 0 Å². The lowest BCUT2D eigenvalue weighted by molar-refractivity contribution is -0.114. The van der Waals surface area contributed by atoms with Gasteiger partial charge in [0, 0.05) is 24.2 Å². The summed E-state index contributed by atoms with van der Waals surface area (Å²) in [6.07, 6.45) is 0. The number of benzene rings is 2. The summed E-state index contributed by atoms with van der Waals surface area (Å²) < 4.78 is 19.9. The summed E-state index contributed by atoms with van der Waals surface area (Å²) in [5, 5.41) is 10.2. The molecule has 0 aromatic heterocycles. The van der Waals surface area contributed by atoms with Crippen molar-refractivity contribution >= 4 is 17.3 Å². The Kier molecular flexibility index (Phi) is 9.84. The molecule has 0 aliphatic carbocycles. The number of likely N-dealkylation sites (N-methyl/N-ethyl adjacent to an activating group) is 1. The van der Waals surface area contributed by atoms with Crippen molar-refractivity contribution in [2.45, 2.75) is 13.5 Å². The topological polar surface area (TPSA) is 103 Å². The summed E-state index contributed by atoms with van der Waals surface area (Å²) in [7, 11) is 4.19. The molecule has 0 bridgehead atoms. The predicted molar refractivity (Wildman–Crippen MR) is 122 cm³/mol. The number of halogens is 1. The molecule has 2 aromatic carbocycles. The van der Waals surface area contributed by atoms with E-state index in [1.807, 2.05) is 6.92 Å². The average Bonchev–Trinajstić information content (AvgIpc) is 2.81. The van der Waals surface area contributed by atoms with Gasteiger partial charge in [-0.1, -0.05) is 41.2 Å². The molecule has 0 aliphatic rings. The maximum absolute atomic E-state index is 14.6. The number of carbonyl (C=O) groups is 1. The number of nitrogens with zero attached hydrogens (tertiary/aromatic N) is 2. The van der Waals surface area contributed by atoms with Crippen molar-refractivity contribution in [1.82, 2.24) is 10.8 Å². The average molecular weight is 458 g/mol. The number of carbonyl (C=O) groups excluding carboxylic acids is 1. The van der Waals surface area contributed by atoms with Gasteiger partial charge in [0.05, 0.1) is 12.3 Å². The Hall–Kier alpha value is -3.92. The van der Waals surface area contributed by atoms with E-state index >= 15 is 0 Å². The van der Waals surface area contributed by atoms with E-state index < -0.39 is 11.7 Å². The summed E-state index contributed by atoms with van der Waals surface area (Å²) >= 11 is 0. The zero-order valence-corrected chi connectivity index (χ0v) is 19.0. The first-order valence-corrected chi connectivity index (χ1v) is 9.99. The minimum Gasteiger partial charge on any atom is -0.494 e. The molecule has 33 heavy (non-hydrogen) atoms. The number of hydrogen-bond acceptors (Lipinski definition) is 8. The van der Waals surface area contributed by atoms with Gasteiger partial charge >= 0.3 is 0 Å². The van der Waals surface area contributed by atoms with E-state index in [0.717, 1.165) is 0 Å². The van der Waals surface area contributed by atoms with Crippen molar-refractivity contribution < 1.29 is 28.4 Å². The second-order valence-corrected chi connectivity index (χ2v) is 6.43. The third-order valence-corrected chi connectivity index (χ3v) is 4.30. The van der Waals surface area contributed by atoms with Gasteiger partial charge < -0.3 is 19.7 Å². The lowest BCUT2D eigenvalue weighted by atomic mass is 10.0. The highest BCUT2D eigenvalue weighted by atomic mass is 19.1. The summed E-state index contributed by atoms with van der Waals surface area (Å²) in [5.74, 6) is -0.579. The first kappa shape index (κ1) is 25.3.